The van der Waals surface area contributed by atoms with Crippen LogP contribution in [0.25, 0.3) is 10.8 Å². The summed E-state index contributed by atoms with van der Waals surface area (Å²) in [4.78, 5) is 30.0. The second-order valence-electron chi connectivity index (χ2n) is 9.75. The molecule has 1 aliphatic carbocycles. The molecule has 174 valence electrons. The Morgan fingerprint density at radius 3 is 2.56 bits per heavy atom. The van der Waals surface area contributed by atoms with Gasteiger partial charge < -0.3 is 15.3 Å². The second kappa shape index (κ2) is 7.93. The lowest BCUT2D eigenvalue weighted by Crippen LogP contribution is -2.51. The van der Waals surface area contributed by atoms with Crippen molar-refractivity contribution in [1.82, 2.24) is 10.2 Å². The zero-order valence-corrected chi connectivity index (χ0v) is 19.3. The number of rotatable bonds is 4. The average Bonchev–Trinajstić information content (AvgIpc) is 3.34. The van der Waals surface area contributed by atoms with Gasteiger partial charge in [-0.15, -0.1) is 0 Å². The van der Waals surface area contributed by atoms with Crippen LogP contribution in [-0.2, 0) is 21.6 Å². The predicted octanol–water partition coefficient (Wildman–Crippen LogP) is 3.27. The van der Waals surface area contributed by atoms with Crippen LogP contribution in [0.4, 0.5) is 5.69 Å². The molecule has 2 atom stereocenters. The van der Waals surface area contributed by atoms with Crippen molar-refractivity contribution in [2.24, 2.45) is 0 Å². The van der Waals surface area contributed by atoms with Gasteiger partial charge >= 0.3 is 0 Å². The van der Waals surface area contributed by atoms with Crippen LogP contribution in [0.15, 0.2) is 60.7 Å². The van der Waals surface area contributed by atoms with Crippen LogP contribution in [0.2, 0.25) is 0 Å². The Hall–Kier alpha value is -3.22. The molecule has 3 aromatic carbocycles. The van der Waals surface area contributed by atoms with Crippen molar-refractivity contribution >= 4 is 28.3 Å². The summed E-state index contributed by atoms with van der Waals surface area (Å²) in [6.45, 7) is 1.78. The maximum absolute atomic E-state index is 13.5. The molecule has 2 aliphatic heterocycles. The smallest absolute Gasteiger partial charge is 0.264 e. The topological polar surface area (TPSA) is 72.9 Å². The summed E-state index contributed by atoms with van der Waals surface area (Å²) in [5.74, 6) is -0.730. The maximum atomic E-state index is 13.5. The van der Waals surface area contributed by atoms with Gasteiger partial charge in [-0.3, -0.25) is 14.5 Å². The second-order valence-corrected chi connectivity index (χ2v) is 9.75. The largest absolute Gasteiger partial charge is 0.375 e. The van der Waals surface area contributed by atoms with E-state index in [9.17, 15) is 14.7 Å². The lowest BCUT2D eigenvalue weighted by molar-refractivity contribution is -0.143. The molecule has 2 N–H and O–H groups in total. The Morgan fingerprint density at radius 2 is 1.79 bits per heavy atom. The molecule has 34 heavy (non-hydrogen) atoms. The minimum atomic E-state index is -1.81. The van der Waals surface area contributed by atoms with E-state index >= 15 is 0 Å². The van der Waals surface area contributed by atoms with Crippen molar-refractivity contribution in [3.05, 3.63) is 77.4 Å². The van der Waals surface area contributed by atoms with Gasteiger partial charge in [0.05, 0.1) is 12.1 Å². The van der Waals surface area contributed by atoms with Crippen molar-refractivity contribution < 1.29 is 14.7 Å². The Labute approximate surface area is 199 Å². The molecule has 1 saturated heterocycles. The summed E-state index contributed by atoms with van der Waals surface area (Å²) in [5.41, 5.74) is 2.29. The number of likely N-dealkylation sites (tertiary alicyclic amines) is 1. The van der Waals surface area contributed by atoms with Crippen LogP contribution in [0.3, 0.4) is 0 Å². The number of amides is 2. The third-order valence-corrected chi connectivity index (χ3v) is 7.98. The van der Waals surface area contributed by atoms with Gasteiger partial charge in [0.15, 0.2) is 5.60 Å². The summed E-state index contributed by atoms with van der Waals surface area (Å²) >= 11 is 0. The summed E-state index contributed by atoms with van der Waals surface area (Å²) in [7, 11) is 1.52. The van der Waals surface area contributed by atoms with Crippen LogP contribution in [-0.4, -0.2) is 48.0 Å². The molecule has 0 unspecified atom stereocenters. The molecule has 1 fully saturated rings. The predicted molar refractivity (Wildman–Crippen MR) is 131 cm³/mol. The molecule has 0 bridgehead atoms. The van der Waals surface area contributed by atoms with Crippen LogP contribution in [0.1, 0.15) is 42.0 Å². The van der Waals surface area contributed by atoms with Gasteiger partial charge in [-0.2, -0.15) is 0 Å². The minimum Gasteiger partial charge on any atom is -0.375 e. The number of carbonyl (C=O) groups excluding carboxylic acids is 2. The monoisotopic (exact) mass is 455 g/mol. The average molecular weight is 456 g/mol. The number of piperidine rings is 1. The summed E-state index contributed by atoms with van der Waals surface area (Å²) < 4.78 is 0. The molecule has 3 aromatic rings. The number of hydrogen-bond acceptors (Lipinski definition) is 4. The van der Waals surface area contributed by atoms with E-state index in [0.717, 1.165) is 38.0 Å². The SMILES string of the molecule is CNC(=O)C[C@]1(O)C(=O)N(C2CCN([C@H]3Cc4cccc5cccc3c45)CC2)c2ccccc21. The Balaban J connectivity index is 1.23. The van der Waals surface area contributed by atoms with Gasteiger partial charge in [0, 0.05) is 37.8 Å². The fourth-order valence-electron chi connectivity index (χ4n) is 6.31. The van der Waals surface area contributed by atoms with E-state index in [-0.39, 0.29) is 24.3 Å². The van der Waals surface area contributed by atoms with Crippen LogP contribution in [0, 0.1) is 0 Å². The number of nitrogens with one attached hydrogen (secondary N) is 1. The normalized spacial score (nSPS) is 24.6. The zero-order valence-electron chi connectivity index (χ0n) is 19.3. The molecular formula is C28H29N3O3. The Bertz CT molecular complexity index is 1290. The minimum absolute atomic E-state index is 0.00295. The number of aliphatic hydroxyl groups is 1. The number of carbonyl (C=O) groups is 2. The number of para-hydroxylation sites is 1. The van der Waals surface area contributed by atoms with Gasteiger partial charge in [0.1, 0.15) is 0 Å². The van der Waals surface area contributed by atoms with Crippen molar-refractivity contribution in [3.63, 3.8) is 0 Å². The first-order chi connectivity index (χ1) is 16.5. The van der Waals surface area contributed by atoms with Crippen LogP contribution in [0.5, 0.6) is 0 Å². The summed E-state index contributed by atoms with van der Waals surface area (Å²) in [5, 5.41) is 16.6. The quantitative estimate of drug-likeness (QED) is 0.633. The van der Waals surface area contributed by atoms with Crippen LogP contribution >= 0.6 is 0 Å². The van der Waals surface area contributed by atoms with E-state index in [1.807, 2.05) is 18.2 Å². The standard InChI is InChI=1S/C28H29N3O3/c1-29-25(32)17-28(34)22-10-2-3-11-23(22)31(27(28)33)20-12-14-30(15-13-20)24-16-19-8-4-6-18-7-5-9-21(24)26(18)19/h2-11,20,24,34H,12-17H2,1H3,(H,29,32)/t24-,28+/m0/s1. The Kier molecular flexibility index (Phi) is 4.97. The number of fused-ring (bicyclic) bond motifs is 1. The fourth-order valence-corrected chi connectivity index (χ4v) is 6.31. The highest BCUT2D eigenvalue weighted by molar-refractivity contribution is 6.09. The van der Waals surface area contributed by atoms with Gasteiger partial charge in [-0.05, 0) is 47.2 Å². The third kappa shape index (κ3) is 3.09. The molecule has 6 rings (SSSR count). The first kappa shape index (κ1) is 21.3. The van der Waals surface area contributed by atoms with E-state index in [0.29, 0.717) is 11.6 Å². The number of benzene rings is 3. The van der Waals surface area contributed by atoms with Crippen molar-refractivity contribution in [2.45, 2.75) is 43.4 Å². The zero-order chi connectivity index (χ0) is 23.4. The highest BCUT2D eigenvalue weighted by Gasteiger charge is 2.52. The molecule has 2 heterocycles. The highest BCUT2D eigenvalue weighted by Crippen LogP contribution is 2.46. The highest BCUT2D eigenvalue weighted by atomic mass is 16.3. The molecule has 0 saturated carbocycles. The maximum Gasteiger partial charge on any atom is 0.264 e. The molecule has 6 nitrogen and oxygen atoms in total. The molecular weight excluding hydrogens is 426 g/mol. The number of nitrogens with zero attached hydrogens (tertiary/aromatic N) is 2. The lowest BCUT2D eigenvalue weighted by atomic mass is 9.91. The van der Waals surface area contributed by atoms with Crippen LogP contribution < -0.4 is 10.2 Å². The van der Waals surface area contributed by atoms with Gasteiger partial charge in [-0.25, -0.2) is 0 Å². The molecule has 0 spiro atoms. The van der Waals surface area contributed by atoms with E-state index in [1.54, 1.807) is 11.0 Å². The Morgan fingerprint density at radius 1 is 1.06 bits per heavy atom. The first-order valence-electron chi connectivity index (χ1n) is 12.1. The molecule has 0 radical (unpaired) electrons. The lowest BCUT2D eigenvalue weighted by Gasteiger charge is -2.40. The molecule has 6 heteroatoms. The first-order valence-corrected chi connectivity index (χ1v) is 12.1. The van der Waals surface area contributed by atoms with E-state index in [4.69, 9.17) is 0 Å². The van der Waals surface area contributed by atoms with E-state index in [1.165, 1.54) is 28.9 Å². The molecule has 0 aromatic heterocycles. The third-order valence-electron chi connectivity index (χ3n) is 7.98. The van der Waals surface area contributed by atoms with Crippen molar-refractivity contribution in [1.29, 1.82) is 0 Å². The fraction of sp³-hybridized carbons (Fsp3) is 0.357. The molecule has 3 aliphatic rings. The summed E-state index contributed by atoms with van der Waals surface area (Å²) in [6.07, 6.45) is 2.43. The molecule has 2 amide bonds. The van der Waals surface area contributed by atoms with E-state index in [2.05, 4.69) is 46.6 Å². The number of anilines is 1. The van der Waals surface area contributed by atoms with Gasteiger partial charge in [0.25, 0.3) is 5.91 Å². The number of hydrogen-bond donors (Lipinski definition) is 2. The van der Waals surface area contributed by atoms with E-state index < -0.39 is 5.60 Å². The van der Waals surface area contributed by atoms with Gasteiger partial charge in [-0.1, -0.05) is 54.6 Å². The van der Waals surface area contributed by atoms with Crippen molar-refractivity contribution in [2.75, 3.05) is 25.0 Å². The van der Waals surface area contributed by atoms with Crippen molar-refractivity contribution in [3.8, 4) is 0 Å². The van der Waals surface area contributed by atoms with Gasteiger partial charge in [0.2, 0.25) is 5.91 Å². The summed E-state index contributed by atoms with van der Waals surface area (Å²) in [6, 6.07) is 20.9.